The van der Waals surface area contributed by atoms with E-state index in [1.807, 2.05) is 0 Å². The molecule has 1 heterocycles. The van der Waals surface area contributed by atoms with Gasteiger partial charge in [0.15, 0.2) is 0 Å². The molecule has 0 saturated carbocycles. The van der Waals surface area contributed by atoms with Gasteiger partial charge in [0.25, 0.3) is 5.91 Å². The van der Waals surface area contributed by atoms with E-state index in [0.717, 1.165) is 0 Å². The molecule has 0 aliphatic carbocycles. The van der Waals surface area contributed by atoms with Crippen molar-refractivity contribution >= 4 is 17.5 Å². The van der Waals surface area contributed by atoms with Gasteiger partial charge in [-0.1, -0.05) is 0 Å². The van der Waals surface area contributed by atoms with Crippen LogP contribution in [0.15, 0.2) is 18.5 Å². The molecule has 0 atom stereocenters. The van der Waals surface area contributed by atoms with Crippen LogP contribution in [0.5, 0.6) is 0 Å². The van der Waals surface area contributed by atoms with E-state index in [9.17, 15) is 4.79 Å². The number of carbonyl (C=O) groups is 1. The lowest BCUT2D eigenvalue weighted by Gasteiger charge is -2.20. The number of alkyl halides is 1. The Hall–Kier alpha value is -1.20. The molecule has 1 aromatic heterocycles. The Morgan fingerprint density at radius 3 is 2.88 bits per heavy atom. The van der Waals surface area contributed by atoms with E-state index in [0.29, 0.717) is 31.1 Å². The second-order valence-corrected chi connectivity index (χ2v) is 3.48. The highest BCUT2D eigenvalue weighted by Gasteiger charge is 2.14. The Morgan fingerprint density at radius 2 is 2.31 bits per heavy atom. The first-order valence-electron chi connectivity index (χ1n) is 4.90. The number of amides is 1. The summed E-state index contributed by atoms with van der Waals surface area (Å²) in [7, 11) is 1.59. The van der Waals surface area contributed by atoms with Crippen LogP contribution in [0.25, 0.3) is 0 Å². The largest absolute Gasteiger partial charge is 0.383 e. The molecule has 0 unspecified atom stereocenters. The van der Waals surface area contributed by atoms with Gasteiger partial charge in [-0.3, -0.25) is 4.79 Å². The van der Waals surface area contributed by atoms with Crippen molar-refractivity contribution in [2.24, 2.45) is 0 Å². The molecule has 0 radical (unpaired) electrons. The van der Waals surface area contributed by atoms with E-state index < -0.39 is 0 Å². The van der Waals surface area contributed by atoms with Gasteiger partial charge in [-0.15, -0.1) is 11.6 Å². The first-order valence-corrected chi connectivity index (χ1v) is 5.44. The number of methoxy groups -OCH3 is 1. The van der Waals surface area contributed by atoms with Gasteiger partial charge in [0.05, 0.1) is 24.6 Å². The number of hydrogen-bond acceptors (Lipinski definition) is 4. The van der Waals surface area contributed by atoms with E-state index in [1.54, 1.807) is 18.1 Å². The fourth-order valence-corrected chi connectivity index (χ4v) is 1.42. The molecule has 6 heteroatoms. The van der Waals surface area contributed by atoms with Gasteiger partial charge in [0.2, 0.25) is 0 Å². The van der Waals surface area contributed by atoms with Crippen molar-refractivity contribution in [3.63, 3.8) is 0 Å². The van der Waals surface area contributed by atoms with Gasteiger partial charge in [0.1, 0.15) is 0 Å². The summed E-state index contributed by atoms with van der Waals surface area (Å²) in [5, 5.41) is 7.29. The standard InChI is InChI=1S/C10H14ClN3O2/c1-16-7-6-14(5-3-11)10(15)9-2-4-12-13-8-9/h2,4,8H,3,5-7H2,1H3. The molecule has 0 spiro atoms. The first-order chi connectivity index (χ1) is 7.79. The molecular formula is C10H14ClN3O2. The Morgan fingerprint density at radius 1 is 1.50 bits per heavy atom. The number of hydrogen-bond donors (Lipinski definition) is 0. The summed E-state index contributed by atoms with van der Waals surface area (Å²) in [6, 6.07) is 1.63. The van der Waals surface area contributed by atoms with Crippen LogP contribution in [-0.4, -0.2) is 53.7 Å². The maximum atomic E-state index is 12.0. The maximum Gasteiger partial charge on any atom is 0.255 e. The minimum atomic E-state index is -0.104. The molecule has 1 rings (SSSR count). The Balaban J connectivity index is 2.67. The zero-order chi connectivity index (χ0) is 11.8. The van der Waals surface area contributed by atoms with E-state index in [1.165, 1.54) is 12.4 Å². The summed E-state index contributed by atoms with van der Waals surface area (Å²) < 4.78 is 4.94. The van der Waals surface area contributed by atoms with Crippen LogP contribution >= 0.6 is 11.6 Å². The topological polar surface area (TPSA) is 55.3 Å². The summed E-state index contributed by atoms with van der Waals surface area (Å²) in [6.45, 7) is 1.50. The molecule has 1 amide bonds. The smallest absolute Gasteiger partial charge is 0.255 e. The average Bonchev–Trinajstić information content (AvgIpc) is 2.35. The third kappa shape index (κ3) is 3.75. The molecule has 0 aromatic carbocycles. The summed E-state index contributed by atoms with van der Waals surface area (Å²) in [5.74, 6) is 0.293. The van der Waals surface area contributed by atoms with Gasteiger partial charge >= 0.3 is 0 Å². The van der Waals surface area contributed by atoms with Crippen molar-refractivity contribution in [2.45, 2.75) is 0 Å². The molecule has 0 aliphatic rings. The normalized spacial score (nSPS) is 10.1. The van der Waals surface area contributed by atoms with Crippen LogP contribution in [-0.2, 0) is 4.74 Å². The van der Waals surface area contributed by atoms with Gasteiger partial charge in [-0.05, 0) is 6.07 Å². The van der Waals surface area contributed by atoms with Crippen molar-refractivity contribution in [3.05, 3.63) is 24.0 Å². The minimum absolute atomic E-state index is 0.104. The predicted octanol–water partition coefficient (Wildman–Crippen LogP) is 0.804. The van der Waals surface area contributed by atoms with E-state index in [4.69, 9.17) is 16.3 Å². The molecule has 5 nitrogen and oxygen atoms in total. The monoisotopic (exact) mass is 243 g/mol. The van der Waals surface area contributed by atoms with Gasteiger partial charge in [-0.2, -0.15) is 10.2 Å². The molecule has 16 heavy (non-hydrogen) atoms. The third-order valence-electron chi connectivity index (χ3n) is 2.04. The van der Waals surface area contributed by atoms with E-state index in [2.05, 4.69) is 10.2 Å². The molecule has 1 aromatic rings. The highest BCUT2D eigenvalue weighted by atomic mass is 35.5. The molecule has 0 fully saturated rings. The van der Waals surface area contributed by atoms with Crippen LogP contribution < -0.4 is 0 Å². The lowest BCUT2D eigenvalue weighted by molar-refractivity contribution is 0.0707. The number of nitrogens with zero attached hydrogens (tertiary/aromatic N) is 3. The van der Waals surface area contributed by atoms with Crippen LogP contribution in [0.3, 0.4) is 0 Å². The maximum absolute atomic E-state index is 12.0. The first kappa shape index (κ1) is 12.9. The van der Waals surface area contributed by atoms with Crippen LogP contribution in [0.4, 0.5) is 0 Å². The highest BCUT2D eigenvalue weighted by molar-refractivity contribution is 6.18. The Bertz CT molecular complexity index is 321. The lowest BCUT2D eigenvalue weighted by atomic mass is 10.2. The fraction of sp³-hybridized carbons (Fsp3) is 0.500. The molecule has 0 saturated heterocycles. The van der Waals surface area contributed by atoms with Gasteiger partial charge < -0.3 is 9.64 Å². The van der Waals surface area contributed by atoms with Crippen molar-refractivity contribution in [3.8, 4) is 0 Å². The van der Waals surface area contributed by atoms with Gasteiger partial charge in [0, 0.05) is 26.1 Å². The van der Waals surface area contributed by atoms with Crippen LogP contribution in [0.2, 0.25) is 0 Å². The highest BCUT2D eigenvalue weighted by Crippen LogP contribution is 2.02. The minimum Gasteiger partial charge on any atom is -0.383 e. The number of halogens is 1. The summed E-state index contributed by atoms with van der Waals surface area (Å²) >= 11 is 5.64. The number of carbonyl (C=O) groups excluding carboxylic acids is 1. The number of ether oxygens (including phenoxy) is 1. The molecular weight excluding hydrogens is 230 g/mol. The molecule has 0 aliphatic heterocycles. The predicted molar refractivity (Wildman–Crippen MR) is 60.5 cm³/mol. The Labute approximate surface area is 99.4 Å². The quantitative estimate of drug-likeness (QED) is 0.694. The van der Waals surface area contributed by atoms with E-state index in [-0.39, 0.29) is 5.91 Å². The lowest BCUT2D eigenvalue weighted by Crippen LogP contribution is -2.35. The summed E-state index contributed by atoms with van der Waals surface area (Å²) in [4.78, 5) is 13.6. The average molecular weight is 244 g/mol. The summed E-state index contributed by atoms with van der Waals surface area (Å²) in [6.07, 6.45) is 2.93. The summed E-state index contributed by atoms with van der Waals surface area (Å²) in [5.41, 5.74) is 0.510. The number of aromatic nitrogens is 2. The fourth-order valence-electron chi connectivity index (χ4n) is 1.22. The zero-order valence-electron chi connectivity index (χ0n) is 9.10. The second kappa shape index (κ2) is 7.14. The van der Waals surface area contributed by atoms with Crippen molar-refractivity contribution < 1.29 is 9.53 Å². The van der Waals surface area contributed by atoms with Crippen LogP contribution in [0, 0.1) is 0 Å². The zero-order valence-corrected chi connectivity index (χ0v) is 9.85. The van der Waals surface area contributed by atoms with Crippen molar-refractivity contribution in [1.29, 1.82) is 0 Å². The van der Waals surface area contributed by atoms with E-state index >= 15 is 0 Å². The number of rotatable bonds is 6. The van der Waals surface area contributed by atoms with Crippen molar-refractivity contribution in [1.82, 2.24) is 15.1 Å². The van der Waals surface area contributed by atoms with Crippen LogP contribution in [0.1, 0.15) is 10.4 Å². The SMILES string of the molecule is COCCN(CCCl)C(=O)c1ccnnc1. The molecule has 88 valence electrons. The Kier molecular flexibility index (Phi) is 5.74. The third-order valence-corrected chi connectivity index (χ3v) is 2.21. The second-order valence-electron chi connectivity index (χ2n) is 3.11. The molecule has 0 N–H and O–H groups in total. The molecule has 0 bridgehead atoms. The van der Waals surface area contributed by atoms with Gasteiger partial charge in [-0.25, -0.2) is 0 Å². The van der Waals surface area contributed by atoms with Crippen molar-refractivity contribution in [2.75, 3.05) is 32.7 Å².